The standard InChI is InChI=1S/C20H17N5O3/c1-27-16-7-5-15(6-8-16)25-13-24-18-10-17(12-22-19(18)25)28-20(26)23-11-14-4-2-3-9-21-14/h2-10,12-13H,11H2,1H3,(H,23,26). The van der Waals surface area contributed by atoms with Crippen molar-refractivity contribution in [3.8, 4) is 17.2 Å². The normalized spacial score (nSPS) is 10.6. The van der Waals surface area contributed by atoms with Crippen molar-refractivity contribution < 1.29 is 14.3 Å². The molecular weight excluding hydrogens is 358 g/mol. The molecule has 140 valence electrons. The predicted octanol–water partition coefficient (Wildman–Crippen LogP) is 3.11. The van der Waals surface area contributed by atoms with Crippen LogP contribution in [0, 0.1) is 0 Å². The molecule has 0 aliphatic carbocycles. The zero-order valence-corrected chi connectivity index (χ0v) is 15.1. The molecule has 0 atom stereocenters. The lowest BCUT2D eigenvalue weighted by atomic mass is 10.3. The number of carbonyl (C=O) groups is 1. The summed E-state index contributed by atoms with van der Waals surface area (Å²) in [5.74, 6) is 1.08. The largest absolute Gasteiger partial charge is 0.497 e. The zero-order chi connectivity index (χ0) is 19.3. The Kier molecular flexibility index (Phi) is 4.83. The monoisotopic (exact) mass is 375 g/mol. The lowest BCUT2D eigenvalue weighted by molar-refractivity contribution is 0.199. The van der Waals surface area contributed by atoms with Gasteiger partial charge in [0.2, 0.25) is 0 Å². The fourth-order valence-electron chi connectivity index (χ4n) is 2.68. The van der Waals surface area contributed by atoms with Gasteiger partial charge in [0.1, 0.15) is 17.6 Å². The van der Waals surface area contributed by atoms with Gasteiger partial charge in [0.15, 0.2) is 11.4 Å². The molecule has 1 amide bonds. The van der Waals surface area contributed by atoms with Crippen molar-refractivity contribution in [2.75, 3.05) is 7.11 Å². The third-order valence-corrected chi connectivity index (χ3v) is 4.06. The fourth-order valence-corrected chi connectivity index (χ4v) is 2.68. The highest BCUT2D eigenvalue weighted by Gasteiger charge is 2.10. The minimum Gasteiger partial charge on any atom is -0.497 e. The van der Waals surface area contributed by atoms with E-state index in [1.807, 2.05) is 47.0 Å². The van der Waals surface area contributed by atoms with Crippen LogP contribution in [0.5, 0.6) is 11.5 Å². The third kappa shape index (κ3) is 3.75. The molecule has 0 aliphatic rings. The van der Waals surface area contributed by atoms with Crippen molar-refractivity contribution in [3.05, 3.63) is 72.9 Å². The Labute approximate surface area is 160 Å². The summed E-state index contributed by atoms with van der Waals surface area (Å²) in [4.78, 5) is 24.9. The van der Waals surface area contributed by atoms with Gasteiger partial charge in [-0.25, -0.2) is 14.8 Å². The number of fused-ring (bicyclic) bond motifs is 1. The molecule has 4 rings (SSSR count). The fraction of sp³-hybridized carbons (Fsp3) is 0.100. The van der Waals surface area contributed by atoms with Crippen LogP contribution in [-0.4, -0.2) is 32.7 Å². The van der Waals surface area contributed by atoms with E-state index in [0.717, 1.165) is 17.1 Å². The highest BCUT2D eigenvalue weighted by atomic mass is 16.6. The van der Waals surface area contributed by atoms with Crippen LogP contribution < -0.4 is 14.8 Å². The lowest BCUT2D eigenvalue weighted by Crippen LogP contribution is -2.26. The van der Waals surface area contributed by atoms with Crippen LogP contribution in [0.2, 0.25) is 0 Å². The second-order valence-corrected chi connectivity index (χ2v) is 5.89. The third-order valence-electron chi connectivity index (χ3n) is 4.06. The molecule has 1 N–H and O–H groups in total. The van der Waals surface area contributed by atoms with E-state index in [9.17, 15) is 4.79 Å². The van der Waals surface area contributed by atoms with E-state index in [0.29, 0.717) is 16.9 Å². The first-order chi connectivity index (χ1) is 13.7. The number of methoxy groups -OCH3 is 1. The van der Waals surface area contributed by atoms with E-state index < -0.39 is 6.09 Å². The van der Waals surface area contributed by atoms with E-state index in [2.05, 4.69) is 20.3 Å². The number of carbonyl (C=O) groups excluding carboxylic acids is 1. The predicted molar refractivity (Wildman–Crippen MR) is 103 cm³/mol. The van der Waals surface area contributed by atoms with Gasteiger partial charge in [-0.15, -0.1) is 0 Å². The number of rotatable bonds is 5. The minimum absolute atomic E-state index is 0.279. The molecule has 8 heteroatoms. The van der Waals surface area contributed by atoms with Gasteiger partial charge in [-0.2, -0.15) is 0 Å². The van der Waals surface area contributed by atoms with Crippen LogP contribution in [0.3, 0.4) is 0 Å². The first-order valence-corrected chi connectivity index (χ1v) is 8.56. The van der Waals surface area contributed by atoms with Gasteiger partial charge < -0.3 is 14.8 Å². The molecular formula is C20H17N5O3. The number of benzene rings is 1. The summed E-state index contributed by atoms with van der Waals surface area (Å²) in [5.41, 5.74) is 2.92. The van der Waals surface area contributed by atoms with Gasteiger partial charge in [-0.05, 0) is 36.4 Å². The highest BCUT2D eigenvalue weighted by molar-refractivity contribution is 5.76. The summed E-state index contributed by atoms with van der Waals surface area (Å²) >= 11 is 0. The first kappa shape index (κ1) is 17.5. The molecule has 0 saturated carbocycles. The van der Waals surface area contributed by atoms with Crippen molar-refractivity contribution >= 4 is 17.3 Å². The number of nitrogens with zero attached hydrogens (tertiary/aromatic N) is 4. The molecule has 0 bridgehead atoms. The van der Waals surface area contributed by atoms with Crippen molar-refractivity contribution in [2.45, 2.75) is 6.54 Å². The average Bonchev–Trinajstić information content (AvgIpc) is 3.16. The molecule has 3 aromatic heterocycles. The average molecular weight is 375 g/mol. The van der Waals surface area contributed by atoms with Gasteiger partial charge in [0, 0.05) is 18.0 Å². The van der Waals surface area contributed by atoms with Crippen molar-refractivity contribution in [1.82, 2.24) is 24.8 Å². The van der Waals surface area contributed by atoms with Crippen LogP contribution in [0.25, 0.3) is 16.9 Å². The maximum absolute atomic E-state index is 12.0. The topological polar surface area (TPSA) is 91.2 Å². The Bertz CT molecular complexity index is 1090. The molecule has 0 radical (unpaired) electrons. The van der Waals surface area contributed by atoms with Crippen molar-refractivity contribution in [2.24, 2.45) is 0 Å². The smallest absolute Gasteiger partial charge is 0.412 e. The number of imidazole rings is 1. The van der Waals surface area contributed by atoms with Crippen LogP contribution >= 0.6 is 0 Å². The molecule has 4 aromatic rings. The van der Waals surface area contributed by atoms with Gasteiger partial charge in [0.05, 0.1) is 25.5 Å². The Morgan fingerprint density at radius 3 is 2.68 bits per heavy atom. The molecule has 28 heavy (non-hydrogen) atoms. The van der Waals surface area contributed by atoms with E-state index in [1.54, 1.807) is 25.7 Å². The molecule has 0 spiro atoms. The molecule has 8 nitrogen and oxygen atoms in total. The lowest BCUT2D eigenvalue weighted by Gasteiger charge is -2.07. The van der Waals surface area contributed by atoms with Gasteiger partial charge >= 0.3 is 6.09 Å². The summed E-state index contributed by atoms with van der Waals surface area (Å²) in [6, 6.07) is 14.7. The SMILES string of the molecule is COc1ccc(-n2cnc3cc(OC(=O)NCc4ccccn4)cnc32)cc1. The number of hydrogen-bond donors (Lipinski definition) is 1. The van der Waals surface area contributed by atoms with Crippen molar-refractivity contribution in [1.29, 1.82) is 0 Å². The van der Waals surface area contributed by atoms with Crippen LogP contribution in [-0.2, 0) is 6.54 Å². The van der Waals surface area contributed by atoms with E-state index in [4.69, 9.17) is 9.47 Å². The minimum atomic E-state index is -0.582. The summed E-state index contributed by atoms with van der Waals surface area (Å²) < 4.78 is 12.3. The van der Waals surface area contributed by atoms with E-state index >= 15 is 0 Å². The van der Waals surface area contributed by atoms with E-state index in [1.165, 1.54) is 6.20 Å². The number of aromatic nitrogens is 4. The summed E-state index contributed by atoms with van der Waals surface area (Å²) in [6.45, 7) is 0.279. The highest BCUT2D eigenvalue weighted by Crippen LogP contribution is 2.22. The molecule has 0 aliphatic heterocycles. The molecule has 0 fully saturated rings. The number of ether oxygens (including phenoxy) is 2. The second kappa shape index (κ2) is 7.75. The maximum atomic E-state index is 12.0. The number of nitrogens with one attached hydrogen (secondary N) is 1. The van der Waals surface area contributed by atoms with Gasteiger partial charge in [-0.3, -0.25) is 9.55 Å². The first-order valence-electron chi connectivity index (χ1n) is 8.56. The second-order valence-electron chi connectivity index (χ2n) is 5.89. The number of amides is 1. The molecule has 0 saturated heterocycles. The Balaban J connectivity index is 1.47. The van der Waals surface area contributed by atoms with E-state index in [-0.39, 0.29) is 6.54 Å². The van der Waals surface area contributed by atoms with Gasteiger partial charge in [0.25, 0.3) is 0 Å². The summed E-state index contributed by atoms with van der Waals surface area (Å²) in [5, 5.41) is 2.65. The number of pyridine rings is 2. The molecule has 1 aromatic carbocycles. The molecule has 3 heterocycles. The van der Waals surface area contributed by atoms with Gasteiger partial charge in [-0.1, -0.05) is 6.07 Å². The van der Waals surface area contributed by atoms with Crippen LogP contribution in [0.15, 0.2) is 67.3 Å². The van der Waals surface area contributed by atoms with Crippen molar-refractivity contribution in [3.63, 3.8) is 0 Å². The Morgan fingerprint density at radius 1 is 1.07 bits per heavy atom. The summed E-state index contributed by atoms with van der Waals surface area (Å²) in [7, 11) is 1.62. The Hall–Kier alpha value is -3.94. The van der Waals surface area contributed by atoms with Crippen LogP contribution in [0.1, 0.15) is 5.69 Å². The Morgan fingerprint density at radius 2 is 1.93 bits per heavy atom. The number of hydrogen-bond acceptors (Lipinski definition) is 6. The molecule has 0 unspecified atom stereocenters. The van der Waals surface area contributed by atoms with Crippen LogP contribution in [0.4, 0.5) is 4.79 Å². The maximum Gasteiger partial charge on any atom is 0.412 e. The summed E-state index contributed by atoms with van der Waals surface area (Å²) in [6.07, 6.45) is 4.25. The zero-order valence-electron chi connectivity index (χ0n) is 15.1. The quantitative estimate of drug-likeness (QED) is 0.576.